The van der Waals surface area contributed by atoms with Crippen LogP contribution in [0, 0.1) is 6.92 Å². The highest BCUT2D eigenvalue weighted by atomic mass is 35.5. The van der Waals surface area contributed by atoms with Crippen molar-refractivity contribution in [2.45, 2.75) is 26.4 Å². The molecule has 1 atom stereocenters. The summed E-state index contributed by atoms with van der Waals surface area (Å²) in [5, 5.41) is 6.76. The lowest BCUT2D eigenvalue weighted by molar-refractivity contribution is -0.117. The van der Waals surface area contributed by atoms with Crippen molar-refractivity contribution in [3.8, 4) is 0 Å². The molecular formula is C17H19ClN2O. The number of nitrogens with one attached hydrogen (secondary N) is 2. The van der Waals surface area contributed by atoms with Crippen molar-refractivity contribution in [1.82, 2.24) is 5.32 Å². The Morgan fingerprint density at radius 1 is 1.14 bits per heavy atom. The van der Waals surface area contributed by atoms with Gasteiger partial charge in [-0.2, -0.15) is 0 Å². The molecule has 1 unspecified atom stereocenters. The first-order valence-electron chi connectivity index (χ1n) is 6.90. The van der Waals surface area contributed by atoms with Crippen LogP contribution in [-0.4, -0.2) is 11.9 Å². The largest absolute Gasteiger partial charge is 0.325 e. The van der Waals surface area contributed by atoms with E-state index in [2.05, 4.69) is 10.6 Å². The van der Waals surface area contributed by atoms with Crippen molar-refractivity contribution in [3.63, 3.8) is 0 Å². The van der Waals surface area contributed by atoms with Gasteiger partial charge in [-0.25, -0.2) is 0 Å². The Labute approximate surface area is 130 Å². The van der Waals surface area contributed by atoms with Gasteiger partial charge in [0.1, 0.15) is 0 Å². The number of anilines is 1. The Balaban J connectivity index is 1.88. The van der Waals surface area contributed by atoms with E-state index in [1.807, 2.05) is 62.4 Å². The van der Waals surface area contributed by atoms with Gasteiger partial charge in [-0.15, -0.1) is 0 Å². The maximum Gasteiger partial charge on any atom is 0.241 e. The number of carbonyl (C=O) groups is 1. The van der Waals surface area contributed by atoms with Gasteiger partial charge in [-0.1, -0.05) is 47.5 Å². The summed E-state index contributed by atoms with van der Waals surface area (Å²) in [6.45, 7) is 4.40. The SMILES string of the molecule is Cc1ccc(NC(=O)C(C)NCc2ccccc2Cl)cc1. The highest BCUT2D eigenvalue weighted by Crippen LogP contribution is 2.14. The van der Waals surface area contributed by atoms with Gasteiger partial charge in [-0.3, -0.25) is 4.79 Å². The molecule has 0 aliphatic heterocycles. The lowest BCUT2D eigenvalue weighted by Crippen LogP contribution is -2.37. The number of hydrogen-bond donors (Lipinski definition) is 2. The predicted octanol–water partition coefficient (Wildman–Crippen LogP) is 3.77. The lowest BCUT2D eigenvalue weighted by Gasteiger charge is -2.14. The van der Waals surface area contributed by atoms with E-state index < -0.39 is 0 Å². The highest BCUT2D eigenvalue weighted by molar-refractivity contribution is 6.31. The molecule has 0 aromatic heterocycles. The Kier molecular flexibility index (Phi) is 5.37. The third-order valence-corrected chi connectivity index (χ3v) is 3.64. The van der Waals surface area contributed by atoms with Crippen LogP contribution in [0.2, 0.25) is 5.02 Å². The summed E-state index contributed by atoms with van der Waals surface area (Å²) < 4.78 is 0. The van der Waals surface area contributed by atoms with E-state index in [0.29, 0.717) is 11.6 Å². The van der Waals surface area contributed by atoms with Gasteiger partial charge in [0.25, 0.3) is 0 Å². The minimum absolute atomic E-state index is 0.0640. The minimum Gasteiger partial charge on any atom is -0.325 e. The molecule has 3 nitrogen and oxygen atoms in total. The number of aryl methyl sites for hydroxylation is 1. The van der Waals surface area contributed by atoms with Crippen molar-refractivity contribution in [1.29, 1.82) is 0 Å². The molecule has 2 aromatic carbocycles. The fraction of sp³-hybridized carbons (Fsp3) is 0.235. The number of rotatable bonds is 5. The summed E-state index contributed by atoms with van der Waals surface area (Å²) in [4.78, 5) is 12.1. The van der Waals surface area contributed by atoms with Crippen LogP contribution in [-0.2, 0) is 11.3 Å². The van der Waals surface area contributed by atoms with Gasteiger partial charge in [0.15, 0.2) is 0 Å². The van der Waals surface area contributed by atoms with Crippen LogP contribution in [0.5, 0.6) is 0 Å². The van der Waals surface area contributed by atoms with Gasteiger partial charge in [0, 0.05) is 17.3 Å². The van der Waals surface area contributed by atoms with Gasteiger partial charge in [0.2, 0.25) is 5.91 Å². The molecule has 2 N–H and O–H groups in total. The molecule has 0 spiro atoms. The second-order valence-electron chi connectivity index (χ2n) is 5.05. The summed E-state index contributed by atoms with van der Waals surface area (Å²) in [6, 6.07) is 15.0. The highest BCUT2D eigenvalue weighted by Gasteiger charge is 2.12. The quantitative estimate of drug-likeness (QED) is 0.883. The van der Waals surface area contributed by atoms with Crippen molar-refractivity contribution in [3.05, 3.63) is 64.7 Å². The second-order valence-corrected chi connectivity index (χ2v) is 5.46. The molecule has 0 aliphatic rings. The smallest absolute Gasteiger partial charge is 0.241 e. The maximum absolute atomic E-state index is 12.1. The summed E-state index contributed by atoms with van der Waals surface area (Å²) in [7, 11) is 0. The van der Waals surface area contributed by atoms with E-state index >= 15 is 0 Å². The normalized spacial score (nSPS) is 12.0. The average molecular weight is 303 g/mol. The molecule has 0 radical (unpaired) electrons. The van der Waals surface area contributed by atoms with Gasteiger partial charge < -0.3 is 10.6 Å². The zero-order valence-electron chi connectivity index (χ0n) is 12.2. The molecule has 1 amide bonds. The molecule has 0 bridgehead atoms. The van der Waals surface area contributed by atoms with Crippen molar-refractivity contribution in [2.24, 2.45) is 0 Å². The Hall–Kier alpha value is -1.84. The first-order chi connectivity index (χ1) is 10.1. The fourth-order valence-electron chi connectivity index (χ4n) is 1.88. The van der Waals surface area contributed by atoms with Crippen LogP contribution in [0.1, 0.15) is 18.1 Å². The zero-order chi connectivity index (χ0) is 15.2. The molecule has 0 saturated carbocycles. The Bertz CT molecular complexity index is 610. The third kappa shape index (κ3) is 4.59. The number of amides is 1. The number of hydrogen-bond acceptors (Lipinski definition) is 2. The average Bonchev–Trinajstić information content (AvgIpc) is 2.48. The molecule has 21 heavy (non-hydrogen) atoms. The molecule has 4 heteroatoms. The predicted molar refractivity (Wildman–Crippen MR) is 87.6 cm³/mol. The number of halogens is 1. The standard InChI is InChI=1S/C17H19ClN2O/c1-12-7-9-15(10-8-12)20-17(21)13(2)19-11-14-5-3-4-6-16(14)18/h3-10,13,19H,11H2,1-2H3,(H,20,21). The summed E-state index contributed by atoms with van der Waals surface area (Å²) in [5.41, 5.74) is 2.95. The van der Waals surface area contributed by atoms with E-state index in [1.54, 1.807) is 0 Å². The summed E-state index contributed by atoms with van der Waals surface area (Å²) in [6.07, 6.45) is 0. The van der Waals surface area contributed by atoms with Crippen molar-refractivity contribution in [2.75, 3.05) is 5.32 Å². The second kappa shape index (κ2) is 7.25. The molecule has 0 saturated heterocycles. The fourth-order valence-corrected chi connectivity index (χ4v) is 2.09. The number of benzene rings is 2. The van der Waals surface area contributed by atoms with Gasteiger partial charge >= 0.3 is 0 Å². The molecule has 110 valence electrons. The molecular weight excluding hydrogens is 284 g/mol. The molecule has 0 heterocycles. The maximum atomic E-state index is 12.1. The summed E-state index contributed by atoms with van der Waals surface area (Å²) >= 11 is 6.09. The first-order valence-corrected chi connectivity index (χ1v) is 7.28. The van der Waals surface area contributed by atoms with Crippen LogP contribution in [0.4, 0.5) is 5.69 Å². The molecule has 0 aliphatic carbocycles. The lowest BCUT2D eigenvalue weighted by atomic mass is 10.2. The zero-order valence-corrected chi connectivity index (χ0v) is 12.9. The minimum atomic E-state index is -0.303. The Morgan fingerprint density at radius 2 is 1.81 bits per heavy atom. The van der Waals surface area contributed by atoms with E-state index in [-0.39, 0.29) is 11.9 Å². The van der Waals surface area contributed by atoms with E-state index in [4.69, 9.17) is 11.6 Å². The first kappa shape index (κ1) is 15.5. The topological polar surface area (TPSA) is 41.1 Å². The van der Waals surface area contributed by atoms with Crippen LogP contribution < -0.4 is 10.6 Å². The van der Waals surface area contributed by atoms with Gasteiger partial charge in [0.05, 0.1) is 6.04 Å². The van der Waals surface area contributed by atoms with E-state index in [0.717, 1.165) is 16.8 Å². The monoisotopic (exact) mass is 302 g/mol. The van der Waals surface area contributed by atoms with Crippen LogP contribution >= 0.6 is 11.6 Å². The van der Waals surface area contributed by atoms with E-state index in [9.17, 15) is 4.79 Å². The number of carbonyl (C=O) groups excluding carboxylic acids is 1. The van der Waals surface area contributed by atoms with Gasteiger partial charge in [-0.05, 0) is 37.6 Å². The molecule has 2 rings (SSSR count). The summed E-state index contributed by atoms with van der Waals surface area (Å²) in [5.74, 6) is -0.0640. The van der Waals surface area contributed by atoms with Crippen LogP contribution in [0.15, 0.2) is 48.5 Å². The Morgan fingerprint density at radius 3 is 2.48 bits per heavy atom. The van der Waals surface area contributed by atoms with Crippen molar-refractivity contribution < 1.29 is 4.79 Å². The third-order valence-electron chi connectivity index (χ3n) is 3.27. The molecule has 2 aromatic rings. The van der Waals surface area contributed by atoms with Crippen LogP contribution in [0.25, 0.3) is 0 Å². The van der Waals surface area contributed by atoms with E-state index in [1.165, 1.54) is 0 Å². The van der Waals surface area contributed by atoms with Crippen LogP contribution in [0.3, 0.4) is 0 Å². The molecule has 0 fully saturated rings. The van der Waals surface area contributed by atoms with Crippen molar-refractivity contribution >= 4 is 23.2 Å².